The van der Waals surface area contributed by atoms with Crippen LogP contribution in [0.15, 0.2) is 16.6 Å². The van der Waals surface area contributed by atoms with Crippen molar-refractivity contribution in [1.29, 1.82) is 0 Å². The molecule has 0 heterocycles. The SMILES string of the molecule is CCOC(=O)c1cc(Br)cc(F)c1O. The second-order valence-electron chi connectivity index (χ2n) is 2.50. The maximum atomic E-state index is 13.0. The number of rotatable bonds is 2. The van der Waals surface area contributed by atoms with E-state index in [4.69, 9.17) is 0 Å². The van der Waals surface area contributed by atoms with Crippen LogP contribution < -0.4 is 0 Å². The smallest absolute Gasteiger partial charge is 0.342 e. The normalized spacial score (nSPS) is 9.93. The van der Waals surface area contributed by atoms with Gasteiger partial charge in [-0.05, 0) is 19.1 Å². The van der Waals surface area contributed by atoms with E-state index < -0.39 is 17.5 Å². The van der Waals surface area contributed by atoms with Crippen LogP contribution in [-0.2, 0) is 4.74 Å². The van der Waals surface area contributed by atoms with Crippen molar-refractivity contribution < 1.29 is 19.0 Å². The van der Waals surface area contributed by atoms with Gasteiger partial charge in [0.05, 0.1) is 6.61 Å². The average Bonchev–Trinajstić information content (AvgIpc) is 2.11. The van der Waals surface area contributed by atoms with Crippen LogP contribution in [0.3, 0.4) is 0 Å². The van der Waals surface area contributed by atoms with Gasteiger partial charge in [-0.1, -0.05) is 15.9 Å². The van der Waals surface area contributed by atoms with Crippen LogP contribution in [0.4, 0.5) is 4.39 Å². The van der Waals surface area contributed by atoms with Crippen molar-refractivity contribution in [1.82, 2.24) is 0 Å². The minimum Gasteiger partial charge on any atom is -0.504 e. The zero-order valence-corrected chi connectivity index (χ0v) is 8.97. The van der Waals surface area contributed by atoms with E-state index in [1.54, 1.807) is 6.92 Å². The molecule has 0 unspecified atom stereocenters. The van der Waals surface area contributed by atoms with Crippen molar-refractivity contribution in [2.24, 2.45) is 0 Å². The van der Waals surface area contributed by atoms with Gasteiger partial charge < -0.3 is 9.84 Å². The molecule has 0 aliphatic heterocycles. The van der Waals surface area contributed by atoms with Gasteiger partial charge in [0.25, 0.3) is 0 Å². The van der Waals surface area contributed by atoms with Gasteiger partial charge in [0, 0.05) is 4.47 Å². The molecule has 0 bridgehead atoms. The second-order valence-corrected chi connectivity index (χ2v) is 3.42. The minimum absolute atomic E-state index is 0.173. The van der Waals surface area contributed by atoms with Gasteiger partial charge in [0.1, 0.15) is 5.56 Å². The van der Waals surface area contributed by atoms with Gasteiger partial charge in [-0.3, -0.25) is 0 Å². The summed E-state index contributed by atoms with van der Waals surface area (Å²) in [5.41, 5.74) is -0.182. The Labute approximate surface area is 88.6 Å². The molecule has 1 N–H and O–H groups in total. The molecule has 0 fully saturated rings. The number of carbonyl (C=O) groups excluding carboxylic acids is 1. The topological polar surface area (TPSA) is 46.5 Å². The van der Waals surface area contributed by atoms with Gasteiger partial charge >= 0.3 is 5.97 Å². The molecule has 0 amide bonds. The minimum atomic E-state index is -0.859. The molecule has 1 aromatic carbocycles. The zero-order valence-electron chi connectivity index (χ0n) is 7.38. The number of esters is 1. The first-order valence-electron chi connectivity index (χ1n) is 3.91. The van der Waals surface area contributed by atoms with Crippen LogP contribution in [0.2, 0.25) is 0 Å². The number of phenols is 1. The lowest BCUT2D eigenvalue weighted by Gasteiger charge is -2.05. The van der Waals surface area contributed by atoms with Crippen LogP contribution in [0.25, 0.3) is 0 Å². The summed E-state index contributed by atoms with van der Waals surface area (Å²) in [7, 11) is 0. The molecule has 3 nitrogen and oxygen atoms in total. The fourth-order valence-electron chi connectivity index (χ4n) is 0.930. The number of benzene rings is 1. The molecule has 0 saturated carbocycles. The van der Waals surface area contributed by atoms with Crippen molar-refractivity contribution in [3.05, 3.63) is 28.0 Å². The van der Waals surface area contributed by atoms with Crippen molar-refractivity contribution >= 4 is 21.9 Å². The maximum Gasteiger partial charge on any atom is 0.342 e. The van der Waals surface area contributed by atoms with Crippen molar-refractivity contribution in [2.75, 3.05) is 6.61 Å². The molecular weight excluding hydrogens is 255 g/mol. The predicted molar refractivity (Wildman–Crippen MR) is 51.7 cm³/mol. The summed E-state index contributed by atoms with van der Waals surface area (Å²) in [5.74, 6) is -2.29. The van der Waals surface area contributed by atoms with Crippen LogP contribution in [0.5, 0.6) is 5.75 Å². The summed E-state index contributed by atoms with van der Waals surface area (Å²) < 4.78 is 18.0. The molecule has 5 heteroatoms. The largest absolute Gasteiger partial charge is 0.504 e. The van der Waals surface area contributed by atoms with Gasteiger partial charge in [0.2, 0.25) is 0 Å². The molecule has 0 aromatic heterocycles. The first-order valence-corrected chi connectivity index (χ1v) is 4.70. The number of carbonyl (C=O) groups is 1. The molecule has 0 aliphatic rings. The van der Waals surface area contributed by atoms with Crippen molar-refractivity contribution in [3.63, 3.8) is 0 Å². The molecular formula is C9H8BrFO3. The van der Waals surface area contributed by atoms with E-state index in [0.29, 0.717) is 4.47 Å². The average molecular weight is 263 g/mol. The fraction of sp³-hybridized carbons (Fsp3) is 0.222. The van der Waals surface area contributed by atoms with E-state index in [9.17, 15) is 14.3 Å². The predicted octanol–water partition coefficient (Wildman–Crippen LogP) is 2.47. The molecule has 14 heavy (non-hydrogen) atoms. The van der Waals surface area contributed by atoms with Crippen LogP contribution >= 0.6 is 15.9 Å². The third kappa shape index (κ3) is 2.23. The van der Waals surface area contributed by atoms with E-state index in [1.807, 2.05) is 0 Å². The maximum absolute atomic E-state index is 13.0. The van der Waals surface area contributed by atoms with Gasteiger partial charge in [-0.25, -0.2) is 9.18 Å². The summed E-state index contributed by atoms with van der Waals surface area (Å²) in [6, 6.07) is 2.37. The molecule has 76 valence electrons. The van der Waals surface area contributed by atoms with Crippen molar-refractivity contribution in [3.8, 4) is 5.75 Å². The zero-order chi connectivity index (χ0) is 10.7. The lowest BCUT2D eigenvalue weighted by molar-refractivity contribution is 0.0522. The van der Waals surface area contributed by atoms with Gasteiger partial charge in [0.15, 0.2) is 11.6 Å². The Morgan fingerprint density at radius 1 is 1.64 bits per heavy atom. The number of hydrogen-bond donors (Lipinski definition) is 1. The standard InChI is InChI=1S/C9H8BrFO3/c1-2-14-9(13)6-3-5(10)4-7(11)8(6)12/h3-4,12H,2H2,1H3. The first kappa shape index (κ1) is 11.0. The lowest BCUT2D eigenvalue weighted by Crippen LogP contribution is -2.05. The van der Waals surface area contributed by atoms with E-state index in [1.165, 1.54) is 6.07 Å². The lowest BCUT2D eigenvalue weighted by atomic mass is 10.2. The Morgan fingerprint density at radius 3 is 2.86 bits per heavy atom. The Kier molecular flexibility index (Phi) is 3.46. The van der Waals surface area contributed by atoms with E-state index in [2.05, 4.69) is 20.7 Å². The van der Waals surface area contributed by atoms with Gasteiger partial charge in [-0.15, -0.1) is 0 Å². The molecule has 0 atom stereocenters. The molecule has 1 rings (SSSR count). The number of hydrogen-bond acceptors (Lipinski definition) is 3. The second kappa shape index (κ2) is 4.41. The Bertz CT molecular complexity index is 365. The highest BCUT2D eigenvalue weighted by Crippen LogP contribution is 2.26. The summed E-state index contributed by atoms with van der Waals surface area (Å²) >= 11 is 3.01. The van der Waals surface area contributed by atoms with E-state index >= 15 is 0 Å². The highest BCUT2D eigenvalue weighted by Gasteiger charge is 2.16. The third-order valence-corrected chi connectivity index (χ3v) is 1.98. The Morgan fingerprint density at radius 2 is 2.29 bits per heavy atom. The summed E-state index contributed by atoms with van der Waals surface area (Å²) in [6.45, 7) is 1.80. The number of phenolic OH excluding ortho intramolecular Hbond substituents is 1. The highest BCUT2D eigenvalue weighted by atomic mass is 79.9. The quantitative estimate of drug-likeness (QED) is 0.834. The summed E-state index contributed by atoms with van der Waals surface area (Å²) in [5, 5.41) is 9.22. The van der Waals surface area contributed by atoms with Crippen LogP contribution in [0.1, 0.15) is 17.3 Å². The van der Waals surface area contributed by atoms with Gasteiger partial charge in [-0.2, -0.15) is 0 Å². The summed E-state index contributed by atoms with van der Waals surface area (Å²) in [4.78, 5) is 11.2. The first-order chi connectivity index (χ1) is 6.56. The Balaban J connectivity index is 3.13. The third-order valence-electron chi connectivity index (χ3n) is 1.52. The highest BCUT2D eigenvalue weighted by molar-refractivity contribution is 9.10. The van der Waals surface area contributed by atoms with E-state index in [-0.39, 0.29) is 12.2 Å². The Hall–Kier alpha value is -1.10. The van der Waals surface area contributed by atoms with E-state index in [0.717, 1.165) is 6.07 Å². The molecule has 0 saturated heterocycles. The number of ether oxygens (including phenoxy) is 1. The van der Waals surface area contributed by atoms with Crippen LogP contribution in [-0.4, -0.2) is 17.7 Å². The molecule has 0 radical (unpaired) electrons. The fourth-order valence-corrected chi connectivity index (χ4v) is 1.36. The number of halogens is 2. The number of aromatic hydroxyl groups is 1. The monoisotopic (exact) mass is 262 g/mol. The molecule has 0 aliphatic carbocycles. The van der Waals surface area contributed by atoms with Crippen LogP contribution in [0, 0.1) is 5.82 Å². The molecule has 0 spiro atoms. The molecule has 1 aromatic rings. The summed E-state index contributed by atoms with van der Waals surface area (Å²) in [6.07, 6.45) is 0. The van der Waals surface area contributed by atoms with Crippen molar-refractivity contribution in [2.45, 2.75) is 6.92 Å².